The summed E-state index contributed by atoms with van der Waals surface area (Å²) in [6, 6.07) is 12.2. The summed E-state index contributed by atoms with van der Waals surface area (Å²) in [6.07, 6.45) is 4.52. The summed E-state index contributed by atoms with van der Waals surface area (Å²) in [6.45, 7) is 6.30. The zero-order chi connectivity index (χ0) is 18.3. The second kappa shape index (κ2) is 6.56. The Hall–Kier alpha value is -2.69. The minimum Gasteiger partial charge on any atom is -0.346 e. The van der Waals surface area contributed by atoms with Gasteiger partial charge in [-0.05, 0) is 56.9 Å². The Morgan fingerprint density at radius 1 is 1.19 bits per heavy atom. The van der Waals surface area contributed by atoms with Crippen molar-refractivity contribution < 1.29 is 4.79 Å². The topological polar surface area (TPSA) is 59.8 Å². The molecule has 0 aliphatic heterocycles. The lowest BCUT2D eigenvalue weighted by Crippen LogP contribution is -2.30. The summed E-state index contributed by atoms with van der Waals surface area (Å²) < 4.78 is 2.21. The van der Waals surface area contributed by atoms with E-state index in [1.54, 1.807) is 6.20 Å². The lowest BCUT2D eigenvalue weighted by Gasteiger charge is -2.19. The van der Waals surface area contributed by atoms with Crippen molar-refractivity contribution in [2.24, 2.45) is 5.92 Å². The van der Waals surface area contributed by atoms with Crippen molar-refractivity contribution in [2.75, 3.05) is 0 Å². The Bertz CT molecular complexity index is 932. The zero-order valence-corrected chi connectivity index (χ0v) is 15.4. The molecule has 5 nitrogen and oxygen atoms in total. The van der Waals surface area contributed by atoms with Gasteiger partial charge in [0.25, 0.3) is 0 Å². The molecule has 1 aromatic carbocycles. The molecule has 1 N–H and O–H groups in total. The molecule has 4 rings (SSSR count). The number of imidazole rings is 1. The summed E-state index contributed by atoms with van der Waals surface area (Å²) in [7, 11) is 0. The van der Waals surface area contributed by atoms with E-state index in [-0.39, 0.29) is 23.9 Å². The SMILES string of the molecule is CC(C)n1c([C@H](C)NC(=O)[C@@H]2C[C@H]2c2cccnc2)nc2ccccc21. The van der Waals surface area contributed by atoms with E-state index in [1.165, 1.54) is 0 Å². The van der Waals surface area contributed by atoms with Gasteiger partial charge in [0.2, 0.25) is 5.91 Å². The van der Waals surface area contributed by atoms with Gasteiger partial charge in [0.05, 0.1) is 17.1 Å². The summed E-state index contributed by atoms with van der Waals surface area (Å²) in [5.41, 5.74) is 3.23. The Morgan fingerprint density at radius 3 is 2.73 bits per heavy atom. The highest BCUT2D eigenvalue weighted by Gasteiger charge is 2.44. The van der Waals surface area contributed by atoms with Crippen LogP contribution in [0.1, 0.15) is 56.6 Å². The summed E-state index contributed by atoms with van der Waals surface area (Å²) in [4.78, 5) is 21.6. The lowest BCUT2D eigenvalue weighted by atomic mass is 10.1. The largest absolute Gasteiger partial charge is 0.346 e. The average Bonchev–Trinajstić information content (AvgIpc) is 3.35. The second-order valence-electron chi connectivity index (χ2n) is 7.39. The molecule has 5 heteroatoms. The number of rotatable bonds is 5. The van der Waals surface area contributed by atoms with Crippen LogP contribution < -0.4 is 5.32 Å². The van der Waals surface area contributed by atoms with Gasteiger partial charge in [-0.15, -0.1) is 0 Å². The molecule has 26 heavy (non-hydrogen) atoms. The quantitative estimate of drug-likeness (QED) is 0.758. The van der Waals surface area contributed by atoms with Crippen molar-refractivity contribution in [1.29, 1.82) is 0 Å². The van der Waals surface area contributed by atoms with Gasteiger partial charge in [-0.2, -0.15) is 0 Å². The maximum absolute atomic E-state index is 12.7. The van der Waals surface area contributed by atoms with Crippen LogP contribution in [-0.2, 0) is 4.79 Å². The fraction of sp³-hybridized carbons (Fsp3) is 0.381. The van der Waals surface area contributed by atoms with Crippen molar-refractivity contribution in [1.82, 2.24) is 19.9 Å². The van der Waals surface area contributed by atoms with Gasteiger partial charge >= 0.3 is 0 Å². The molecule has 0 unspecified atom stereocenters. The number of aromatic nitrogens is 3. The molecule has 1 aliphatic rings. The second-order valence-corrected chi connectivity index (χ2v) is 7.39. The smallest absolute Gasteiger partial charge is 0.224 e. The minimum absolute atomic E-state index is 0.0403. The molecular formula is C21H24N4O. The number of carbonyl (C=O) groups excluding carboxylic acids is 1. The maximum atomic E-state index is 12.7. The van der Waals surface area contributed by atoms with Gasteiger partial charge in [-0.25, -0.2) is 4.98 Å². The number of carbonyl (C=O) groups is 1. The Kier molecular flexibility index (Phi) is 4.23. The van der Waals surface area contributed by atoms with Crippen LogP contribution in [0, 0.1) is 5.92 Å². The van der Waals surface area contributed by atoms with Gasteiger partial charge in [0.15, 0.2) is 0 Å². The Labute approximate surface area is 153 Å². The molecule has 1 amide bonds. The van der Waals surface area contributed by atoms with E-state index in [9.17, 15) is 4.79 Å². The lowest BCUT2D eigenvalue weighted by molar-refractivity contribution is -0.123. The summed E-state index contributed by atoms with van der Waals surface area (Å²) in [5, 5.41) is 3.17. The van der Waals surface area contributed by atoms with Gasteiger partial charge in [-0.3, -0.25) is 9.78 Å². The van der Waals surface area contributed by atoms with Gasteiger partial charge < -0.3 is 9.88 Å². The molecule has 0 bridgehead atoms. The van der Waals surface area contributed by atoms with E-state index >= 15 is 0 Å². The molecule has 0 radical (unpaired) electrons. The van der Waals surface area contributed by atoms with Gasteiger partial charge in [0, 0.05) is 24.4 Å². The molecule has 3 atom stereocenters. The normalized spacial score (nSPS) is 20.3. The third-order valence-corrected chi connectivity index (χ3v) is 5.13. The van der Waals surface area contributed by atoms with Crippen LogP contribution in [0.4, 0.5) is 0 Å². The summed E-state index contributed by atoms with van der Waals surface area (Å²) >= 11 is 0. The van der Waals surface area contributed by atoms with Crippen LogP contribution in [0.3, 0.4) is 0 Å². The molecular weight excluding hydrogens is 324 g/mol. The maximum Gasteiger partial charge on any atom is 0.224 e. The average molecular weight is 348 g/mol. The fourth-order valence-electron chi connectivity index (χ4n) is 3.74. The predicted octanol–water partition coefficient (Wildman–Crippen LogP) is 3.99. The van der Waals surface area contributed by atoms with E-state index < -0.39 is 0 Å². The third kappa shape index (κ3) is 2.98. The number of pyridine rings is 1. The molecule has 1 aliphatic carbocycles. The summed E-state index contributed by atoms with van der Waals surface area (Å²) in [5.74, 6) is 1.35. The number of nitrogens with one attached hydrogen (secondary N) is 1. The van der Waals surface area contributed by atoms with Gasteiger partial charge in [-0.1, -0.05) is 18.2 Å². The number of hydrogen-bond acceptors (Lipinski definition) is 3. The number of benzene rings is 1. The predicted molar refractivity (Wildman–Crippen MR) is 102 cm³/mol. The number of amides is 1. The number of para-hydroxylation sites is 2. The van der Waals surface area contributed by atoms with Crippen molar-refractivity contribution in [3.63, 3.8) is 0 Å². The van der Waals surface area contributed by atoms with Crippen molar-refractivity contribution in [3.8, 4) is 0 Å². The van der Waals surface area contributed by atoms with Gasteiger partial charge in [0.1, 0.15) is 5.82 Å². The first-order valence-corrected chi connectivity index (χ1v) is 9.23. The number of fused-ring (bicyclic) bond motifs is 1. The number of hydrogen-bond donors (Lipinski definition) is 1. The molecule has 0 spiro atoms. The van der Waals surface area contributed by atoms with Crippen molar-refractivity contribution >= 4 is 16.9 Å². The fourth-order valence-corrected chi connectivity index (χ4v) is 3.74. The van der Waals surface area contributed by atoms with Crippen LogP contribution in [0.25, 0.3) is 11.0 Å². The first-order chi connectivity index (χ1) is 12.6. The first-order valence-electron chi connectivity index (χ1n) is 9.23. The standard InChI is InChI=1S/C21H24N4O/c1-13(2)25-19-9-5-4-8-18(19)24-20(25)14(3)23-21(26)17-11-16(17)15-7-6-10-22-12-15/h4-10,12-14,16-17H,11H2,1-3H3,(H,23,26)/t14-,16-,17+/m0/s1. The zero-order valence-electron chi connectivity index (χ0n) is 15.4. The molecule has 1 saturated carbocycles. The van der Waals surface area contributed by atoms with E-state index in [0.717, 1.165) is 28.8 Å². The van der Waals surface area contributed by atoms with E-state index in [0.29, 0.717) is 5.92 Å². The Morgan fingerprint density at radius 2 is 2.00 bits per heavy atom. The van der Waals surface area contributed by atoms with E-state index in [1.807, 2.05) is 43.5 Å². The van der Waals surface area contributed by atoms with Crippen LogP contribution in [0.5, 0.6) is 0 Å². The van der Waals surface area contributed by atoms with Crippen LogP contribution in [-0.4, -0.2) is 20.4 Å². The highest BCUT2D eigenvalue weighted by molar-refractivity contribution is 5.83. The monoisotopic (exact) mass is 348 g/mol. The molecule has 0 saturated heterocycles. The van der Waals surface area contributed by atoms with Crippen LogP contribution in [0.2, 0.25) is 0 Å². The van der Waals surface area contributed by atoms with Crippen molar-refractivity contribution in [2.45, 2.75) is 45.2 Å². The van der Waals surface area contributed by atoms with Crippen LogP contribution >= 0.6 is 0 Å². The van der Waals surface area contributed by atoms with E-state index in [2.05, 4.69) is 34.8 Å². The number of nitrogens with zero attached hydrogens (tertiary/aromatic N) is 3. The molecule has 134 valence electrons. The molecule has 2 aromatic heterocycles. The Balaban J connectivity index is 1.52. The highest BCUT2D eigenvalue weighted by Crippen LogP contribution is 2.47. The first kappa shape index (κ1) is 16.8. The highest BCUT2D eigenvalue weighted by atomic mass is 16.2. The molecule has 3 aromatic rings. The van der Waals surface area contributed by atoms with Crippen LogP contribution in [0.15, 0.2) is 48.8 Å². The van der Waals surface area contributed by atoms with Crippen molar-refractivity contribution in [3.05, 3.63) is 60.2 Å². The molecule has 2 heterocycles. The minimum atomic E-state index is -0.132. The molecule has 1 fully saturated rings. The third-order valence-electron chi connectivity index (χ3n) is 5.13. The van der Waals surface area contributed by atoms with E-state index in [4.69, 9.17) is 4.98 Å².